The molecule has 128 valence electrons. The highest BCUT2D eigenvalue weighted by Gasteiger charge is 2.14. The lowest BCUT2D eigenvalue weighted by Crippen LogP contribution is -2.07. The summed E-state index contributed by atoms with van der Waals surface area (Å²) in [4.78, 5) is 12.3. The number of carbonyl (C=O) groups is 1. The van der Waals surface area contributed by atoms with Crippen molar-refractivity contribution in [2.75, 3.05) is 7.11 Å². The van der Waals surface area contributed by atoms with Gasteiger partial charge >= 0.3 is 0 Å². The Morgan fingerprint density at radius 3 is 2.09 bits per heavy atom. The predicted molar refractivity (Wildman–Crippen MR) is 98.2 cm³/mol. The smallest absolute Gasteiger partial charge is 0.163 e. The molecule has 2 heteroatoms. The number of allylic oxidation sites excluding steroid dienone is 1. The van der Waals surface area contributed by atoms with Crippen LogP contribution in [0.2, 0.25) is 0 Å². The van der Waals surface area contributed by atoms with E-state index >= 15 is 0 Å². The SMILES string of the molecule is C=C(CCC(=O)c1ccc(OC)cc1)C(CCCC)CCCC. The van der Waals surface area contributed by atoms with Gasteiger partial charge in [-0.25, -0.2) is 0 Å². The summed E-state index contributed by atoms with van der Waals surface area (Å²) in [5.41, 5.74) is 2.02. The van der Waals surface area contributed by atoms with Crippen LogP contribution in [0.1, 0.15) is 75.6 Å². The first-order valence-corrected chi connectivity index (χ1v) is 8.97. The Hall–Kier alpha value is -1.57. The molecule has 0 saturated heterocycles. The minimum Gasteiger partial charge on any atom is -0.497 e. The molecule has 0 aromatic heterocycles. The fourth-order valence-electron chi connectivity index (χ4n) is 2.85. The summed E-state index contributed by atoms with van der Waals surface area (Å²) in [6.45, 7) is 8.74. The van der Waals surface area contributed by atoms with Gasteiger partial charge in [0.15, 0.2) is 5.78 Å². The molecule has 1 aromatic rings. The number of Topliss-reactive ketones (excluding diaryl/α,β-unsaturated/α-hetero) is 1. The minimum atomic E-state index is 0.193. The molecule has 0 fully saturated rings. The fraction of sp³-hybridized carbons (Fsp3) is 0.571. The lowest BCUT2D eigenvalue weighted by molar-refractivity contribution is 0.0982. The Balaban J connectivity index is 2.51. The van der Waals surface area contributed by atoms with Gasteiger partial charge < -0.3 is 4.74 Å². The van der Waals surface area contributed by atoms with Crippen molar-refractivity contribution >= 4 is 5.78 Å². The summed E-state index contributed by atoms with van der Waals surface area (Å²) < 4.78 is 5.13. The van der Waals surface area contributed by atoms with Crippen molar-refractivity contribution in [1.29, 1.82) is 0 Å². The van der Waals surface area contributed by atoms with Crippen LogP contribution in [-0.4, -0.2) is 12.9 Å². The van der Waals surface area contributed by atoms with E-state index in [9.17, 15) is 4.79 Å². The van der Waals surface area contributed by atoms with E-state index in [2.05, 4.69) is 20.4 Å². The van der Waals surface area contributed by atoms with Gasteiger partial charge in [0, 0.05) is 12.0 Å². The highest BCUT2D eigenvalue weighted by atomic mass is 16.5. The molecular formula is C21H32O2. The summed E-state index contributed by atoms with van der Waals surface area (Å²) in [6, 6.07) is 7.37. The average Bonchev–Trinajstić information content (AvgIpc) is 2.59. The minimum absolute atomic E-state index is 0.193. The number of hydrogen-bond acceptors (Lipinski definition) is 2. The highest BCUT2D eigenvalue weighted by molar-refractivity contribution is 5.96. The molecule has 0 aliphatic rings. The molecule has 0 saturated carbocycles. The normalized spacial score (nSPS) is 10.8. The van der Waals surface area contributed by atoms with Crippen molar-refractivity contribution in [3.8, 4) is 5.75 Å². The molecular weight excluding hydrogens is 284 g/mol. The van der Waals surface area contributed by atoms with Crippen LogP contribution in [-0.2, 0) is 0 Å². The number of carbonyl (C=O) groups excluding carboxylic acids is 1. The van der Waals surface area contributed by atoms with Crippen LogP contribution in [0, 0.1) is 5.92 Å². The quantitative estimate of drug-likeness (QED) is 0.338. The van der Waals surface area contributed by atoms with Crippen LogP contribution < -0.4 is 4.74 Å². The maximum atomic E-state index is 12.3. The Morgan fingerprint density at radius 2 is 1.61 bits per heavy atom. The van der Waals surface area contributed by atoms with Gasteiger partial charge in [0.1, 0.15) is 5.75 Å². The van der Waals surface area contributed by atoms with Gasteiger partial charge in [-0.1, -0.05) is 51.7 Å². The van der Waals surface area contributed by atoms with Gasteiger partial charge in [-0.15, -0.1) is 0 Å². The van der Waals surface area contributed by atoms with E-state index in [1.54, 1.807) is 7.11 Å². The van der Waals surface area contributed by atoms with Gasteiger partial charge in [-0.3, -0.25) is 4.79 Å². The summed E-state index contributed by atoms with van der Waals surface area (Å²) in [5, 5.41) is 0. The van der Waals surface area contributed by atoms with E-state index in [0.717, 1.165) is 17.7 Å². The van der Waals surface area contributed by atoms with Gasteiger partial charge in [-0.2, -0.15) is 0 Å². The molecule has 0 N–H and O–H groups in total. The number of rotatable bonds is 12. The predicted octanol–water partition coefficient (Wildman–Crippen LogP) is 6.21. The number of ether oxygens (including phenoxy) is 1. The molecule has 0 radical (unpaired) electrons. The lowest BCUT2D eigenvalue weighted by atomic mass is 9.86. The zero-order valence-electron chi connectivity index (χ0n) is 15.1. The molecule has 0 heterocycles. The molecule has 0 spiro atoms. The molecule has 0 atom stereocenters. The molecule has 0 amide bonds. The molecule has 1 aromatic carbocycles. The standard InChI is InChI=1S/C21H32O2/c1-5-7-9-18(10-8-6-2)17(3)11-16-21(22)19-12-14-20(23-4)15-13-19/h12-15,18H,3,5-11,16H2,1-2,4H3. The summed E-state index contributed by atoms with van der Waals surface area (Å²) in [7, 11) is 1.63. The number of unbranched alkanes of at least 4 members (excludes halogenated alkanes) is 2. The van der Waals surface area contributed by atoms with Crippen molar-refractivity contribution in [3.63, 3.8) is 0 Å². The molecule has 1 rings (SSSR count). The Bertz CT molecular complexity index is 465. The number of ketones is 1. The van der Waals surface area contributed by atoms with Crippen LogP contribution in [0.4, 0.5) is 0 Å². The van der Waals surface area contributed by atoms with Gasteiger partial charge in [0.25, 0.3) is 0 Å². The number of benzene rings is 1. The van der Waals surface area contributed by atoms with Crippen molar-refractivity contribution in [2.24, 2.45) is 5.92 Å². The monoisotopic (exact) mass is 316 g/mol. The topological polar surface area (TPSA) is 26.3 Å². The first-order valence-electron chi connectivity index (χ1n) is 8.97. The third-order valence-electron chi connectivity index (χ3n) is 4.47. The van der Waals surface area contributed by atoms with Crippen LogP contribution >= 0.6 is 0 Å². The summed E-state index contributed by atoms with van der Waals surface area (Å²) >= 11 is 0. The first-order chi connectivity index (χ1) is 11.1. The van der Waals surface area contributed by atoms with E-state index in [1.807, 2.05) is 24.3 Å². The van der Waals surface area contributed by atoms with E-state index in [1.165, 1.54) is 44.1 Å². The average molecular weight is 316 g/mol. The second-order valence-corrected chi connectivity index (χ2v) is 6.29. The second kappa shape index (κ2) is 11.0. The maximum Gasteiger partial charge on any atom is 0.163 e. The summed E-state index contributed by atoms with van der Waals surface area (Å²) in [5.74, 6) is 1.56. The fourth-order valence-corrected chi connectivity index (χ4v) is 2.85. The third-order valence-corrected chi connectivity index (χ3v) is 4.47. The van der Waals surface area contributed by atoms with E-state index in [-0.39, 0.29) is 5.78 Å². The number of methoxy groups -OCH3 is 1. The van der Waals surface area contributed by atoms with Gasteiger partial charge in [0.2, 0.25) is 0 Å². The zero-order chi connectivity index (χ0) is 17.1. The van der Waals surface area contributed by atoms with Crippen molar-refractivity contribution in [1.82, 2.24) is 0 Å². The maximum absolute atomic E-state index is 12.3. The molecule has 0 aliphatic carbocycles. The largest absolute Gasteiger partial charge is 0.497 e. The second-order valence-electron chi connectivity index (χ2n) is 6.29. The van der Waals surface area contributed by atoms with Gasteiger partial charge in [-0.05, 0) is 49.4 Å². The Morgan fingerprint density at radius 1 is 1.04 bits per heavy atom. The zero-order valence-corrected chi connectivity index (χ0v) is 15.1. The Labute approximate surface area is 141 Å². The van der Waals surface area contributed by atoms with Crippen molar-refractivity contribution in [3.05, 3.63) is 42.0 Å². The molecule has 23 heavy (non-hydrogen) atoms. The van der Waals surface area contributed by atoms with E-state index in [4.69, 9.17) is 4.74 Å². The van der Waals surface area contributed by atoms with Crippen LogP contribution in [0.3, 0.4) is 0 Å². The van der Waals surface area contributed by atoms with E-state index in [0.29, 0.717) is 12.3 Å². The van der Waals surface area contributed by atoms with Crippen molar-refractivity contribution in [2.45, 2.75) is 65.2 Å². The summed E-state index contributed by atoms with van der Waals surface area (Å²) in [6.07, 6.45) is 8.74. The van der Waals surface area contributed by atoms with E-state index < -0.39 is 0 Å². The van der Waals surface area contributed by atoms with Crippen LogP contribution in [0.5, 0.6) is 5.75 Å². The molecule has 0 bridgehead atoms. The van der Waals surface area contributed by atoms with Crippen LogP contribution in [0.15, 0.2) is 36.4 Å². The third kappa shape index (κ3) is 7.02. The number of hydrogen-bond donors (Lipinski definition) is 0. The highest BCUT2D eigenvalue weighted by Crippen LogP contribution is 2.27. The Kier molecular flexibility index (Phi) is 9.35. The first kappa shape index (κ1) is 19.5. The molecule has 0 unspecified atom stereocenters. The van der Waals surface area contributed by atoms with Crippen LogP contribution in [0.25, 0.3) is 0 Å². The molecule has 2 nitrogen and oxygen atoms in total. The molecule has 0 aliphatic heterocycles. The van der Waals surface area contributed by atoms with Crippen molar-refractivity contribution < 1.29 is 9.53 Å². The van der Waals surface area contributed by atoms with Gasteiger partial charge in [0.05, 0.1) is 7.11 Å². The lowest BCUT2D eigenvalue weighted by Gasteiger charge is -2.19.